The second-order valence-electron chi connectivity index (χ2n) is 8.34. The van der Waals surface area contributed by atoms with E-state index in [0.717, 1.165) is 23.9 Å². The number of rotatable bonds is 7. The number of hydrogen-bond acceptors (Lipinski definition) is 6. The summed E-state index contributed by atoms with van der Waals surface area (Å²) >= 11 is 0. The second-order valence-corrected chi connectivity index (χ2v) is 8.34. The molecule has 1 aromatic rings. The highest BCUT2D eigenvalue weighted by Crippen LogP contribution is 2.39. The fraction of sp³-hybridized carbons (Fsp3) is 0.889. The molecular formula is C18H31BFN3O5. The van der Waals surface area contributed by atoms with Crippen molar-refractivity contribution < 1.29 is 23.2 Å². The normalized spacial score (nSPS) is 25.2. The maximum atomic E-state index is 14.0. The lowest BCUT2D eigenvalue weighted by atomic mass is 9.79. The molecule has 0 aromatic carbocycles. The van der Waals surface area contributed by atoms with Gasteiger partial charge in [-0.05, 0) is 53.9 Å². The topological polar surface area (TPSA) is 76.7 Å². The molecule has 8 nitrogen and oxygen atoms in total. The van der Waals surface area contributed by atoms with Gasteiger partial charge in [-0.25, -0.2) is 13.9 Å². The summed E-state index contributed by atoms with van der Waals surface area (Å²) in [5.41, 5.74) is -1.64. The smallest absolute Gasteiger partial charge is 0.402 e. The van der Waals surface area contributed by atoms with Gasteiger partial charge in [-0.3, -0.25) is 4.57 Å². The Labute approximate surface area is 165 Å². The summed E-state index contributed by atoms with van der Waals surface area (Å²) in [5, 5.41) is 4.36. The summed E-state index contributed by atoms with van der Waals surface area (Å²) < 4.78 is 39.8. The van der Waals surface area contributed by atoms with E-state index in [-0.39, 0.29) is 12.9 Å². The first-order chi connectivity index (χ1) is 13.2. The van der Waals surface area contributed by atoms with Crippen molar-refractivity contribution in [2.24, 2.45) is 0 Å². The SMILES string of the molecule is CCn1c(COC2CCCCO2)nn(C(CF)B2OC(C)(C)C(C)(C)O2)c1=O. The first-order valence-electron chi connectivity index (χ1n) is 10.0. The minimum atomic E-state index is -0.967. The van der Waals surface area contributed by atoms with Crippen LogP contribution in [0.3, 0.4) is 0 Å². The Kier molecular flexibility index (Phi) is 6.33. The highest BCUT2D eigenvalue weighted by atomic mass is 19.1. The number of nitrogens with zero attached hydrogens (tertiary/aromatic N) is 3. The molecule has 158 valence electrons. The molecule has 2 atom stereocenters. The largest absolute Gasteiger partial charge is 0.487 e. The summed E-state index contributed by atoms with van der Waals surface area (Å²) in [6.45, 7) is 9.77. The Balaban J connectivity index is 1.80. The minimum absolute atomic E-state index is 0.128. The lowest BCUT2D eigenvalue weighted by molar-refractivity contribution is -0.170. The van der Waals surface area contributed by atoms with Crippen LogP contribution >= 0.6 is 0 Å². The summed E-state index contributed by atoms with van der Waals surface area (Å²) in [6, 6.07) is 0. The molecule has 0 radical (unpaired) electrons. The van der Waals surface area contributed by atoms with E-state index in [2.05, 4.69) is 5.10 Å². The van der Waals surface area contributed by atoms with Gasteiger partial charge < -0.3 is 18.8 Å². The summed E-state index contributed by atoms with van der Waals surface area (Å²) in [7, 11) is -0.900. The molecule has 0 saturated carbocycles. The molecule has 2 saturated heterocycles. The van der Waals surface area contributed by atoms with Crippen LogP contribution in [0.1, 0.15) is 65.6 Å². The molecular weight excluding hydrogens is 368 g/mol. The first kappa shape index (κ1) is 21.5. The third-order valence-corrected chi connectivity index (χ3v) is 5.87. The van der Waals surface area contributed by atoms with Gasteiger partial charge in [0.1, 0.15) is 19.2 Å². The van der Waals surface area contributed by atoms with Crippen molar-refractivity contribution in [1.82, 2.24) is 14.3 Å². The Morgan fingerprint density at radius 2 is 1.96 bits per heavy atom. The van der Waals surface area contributed by atoms with Gasteiger partial charge in [-0.2, -0.15) is 5.10 Å². The lowest BCUT2D eigenvalue weighted by Crippen LogP contribution is -2.41. The zero-order valence-corrected chi connectivity index (χ0v) is 17.4. The summed E-state index contributed by atoms with van der Waals surface area (Å²) in [6.07, 6.45) is 2.60. The Hall–Kier alpha value is -1.23. The predicted molar refractivity (Wildman–Crippen MR) is 102 cm³/mol. The maximum absolute atomic E-state index is 14.0. The standard InChI is InChI=1S/C18H31BFN3O5/c1-6-22-14(12-26-15-9-7-8-10-25-15)21-23(16(22)24)13(11-20)19-27-17(2,3)18(4,5)28-19/h13,15H,6-12H2,1-5H3. The molecule has 2 unspecified atom stereocenters. The maximum Gasteiger partial charge on any atom is 0.487 e. The zero-order chi connectivity index (χ0) is 20.5. The zero-order valence-electron chi connectivity index (χ0n) is 17.4. The monoisotopic (exact) mass is 399 g/mol. The molecule has 2 aliphatic rings. The fourth-order valence-corrected chi connectivity index (χ4v) is 3.40. The van der Waals surface area contributed by atoms with Crippen LogP contribution < -0.4 is 5.69 Å². The van der Waals surface area contributed by atoms with Crippen molar-refractivity contribution in [3.05, 3.63) is 16.3 Å². The molecule has 0 aliphatic carbocycles. The molecule has 2 fully saturated rings. The molecule has 3 heterocycles. The van der Waals surface area contributed by atoms with Gasteiger partial charge in [0.05, 0.1) is 11.2 Å². The van der Waals surface area contributed by atoms with E-state index in [1.807, 2.05) is 34.6 Å². The number of aromatic nitrogens is 3. The van der Waals surface area contributed by atoms with E-state index in [1.54, 1.807) is 0 Å². The van der Waals surface area contributed by atoms with Crippen molar-refractivity contribution in [1.29, 1.82) is 0 Å². The second kappa shape index (κ2) is 8.26. The van der Waals surface area contributed by atoms with E-state index in [0.29, 0.717) is 19.0 Å². The Bertz CT molecular complexity index is 713. The highest BCUT2D eigenvalue weighted by Gasteiger charge is 2.55. The average molecular weight is 399 g/mol. The quantitative estimate of drug-likeness (QED) is 0.655. The molecule has 3 rings (SSSR count). The van der Waals surface area contributed by atoms with Crippen molar-refractivity contribution in [2.75, 3.05) is 13.3 Å². The molecule has 0 bridgehead atoms. The predicted octanol–water partition coefficient (Wildman–Crippen LogP) is 2.25. The van der Waals surface area contributed by atoms with Gasteiger partial charge in [0.15, 0.2) is 12.1 Å². The number of hydrogen-bond donors (Lipinski definition) is 0. The average Bonchev–Trinajstić information content (AvgIpc) is 3.07. The number of ether oxygens (including phenoxy) is 2. The van der Waals surface area contributed by atoms with Crippen molar-refractivity contribution in [2.45, 2.75) is 90.5 Å². The third kappa shape index (κ3) is 4.05. The molecule has 28 heavy (non-hydrogen) atoms. The van der Waals surface area contributed by atoms with E-state index in [9.17, 15) is 9.18 Å². The fourth-order valence-electron chi connectivity index (χ4n) is 3.40. The molecule has 2 aliphatic heterocycles. The number of halogens is 1. The van der Waals surface area contributed by atoms with Crippen LogP contribution in [-0.4, -0.2) is 52.2 Å². The molecule has 10 heteroatoms. The Morgan fingerprint density at radius 1 is 1.29 bits per heavy atom. The van der Waals surface area contributed by atoms with E-state index in [1.165, 1.54) is 4.57 Å². The van der Waals surface area contributed by atoms with E-state index < -0.39 is 36.6 Å². The van der Waals surface area contributed by atoms with Gasteiger partial charge in [0, 0.05) is 13.2 Å². The van der Waals surface area contributed by atoms with Crippen molar-refractivity contribution in [3.8, 4) is 0 Å². The van der Waals surface area contributed by atoms with Crippen molar-refractivity contribution in [3.63, 3.8) is 0 Å². The summed E-state index contributed by atoms with van der Waals surface area (Å²) in [4.78, 5) is 12.9. The van der Waals surface area contributed by atoms with Gasteiger partial charge in [-0.15, -0.1) is 0 Å². The minimum Gasteiger partial charge on any atom is -0.402 e. The Morgan fingerprint density at radius 3 is 2.50 bits per heavy atom. The lowest BCUT2D eigenvalue weighted by Gasteiger charge is -2.32. The molecule has 0 N–H and O–H groups in total. The molecule has 1 aromatic heterocycles. The first-order valence-corrected chi connectivity index (χ1v) is 10.0. The van der Waals surface area contributed by atoms with Crippen LogP contribution in [0.25, 0.3) is 0 Å². The van der Waals surface area contributed by atoms with Crippen LogP contribution in [0.15, 0.2) is 4.79 Å². The van der Waals surface area contributed by atoms with Gasteiger partial charge in [0.25, 0.3) is 0 Å². The van der Waals surface area contributed by atoms with Crippen LogP contribution in [-0.2, 0) is 31.9 Å². The summed E-state index contributed by atoms with van der Waals surface area (Å²) in [5.74, 6) is -0.525. The van der Waals surface area contributed by atoms with E-state index in [4.69, 9.17) is 18.8 Å². The van der Waals surface area contributed by atoms with Crippen LogP contribution in [0.5, 0.6) is 0 Å². The van der Waals surface area contributed by atoms with E-state index >= 15 is 0 Å². The molecule has 0 spiro atoms. The van der Waals surface area contributed by atoms with Gasteiger partial charge >= 0.3 is 12.8 Å². The van der Waals surface area contributed by atoms with Gasteiger partial charge in [-0.1, -0.05) is 0 Å². The number of alkyl halides is 1. The van der Waals surface area contributed by atoms with Gasteiger partial charge in [0.2, 0.25) is 0 Å². The van der Waals surface area contributed by atoms with Crippen LogP contribution in [0.2, 0.25) is 0 Å². The molecule has 0 amide bonds. The highest BCUT2D eigenvalue weighted by molar-refractivity contribution is 6.46. The van der Waals surface area contributed by atoms with Crippen molar-refractivity contribution >= 4 is 7.12 Å². The van der Waals surface area contributed by atoms with Crippen LogP contribution in [0.4, 0.5) is 4.39 Å². The van der Waals surface area contributed by atoms with Crippen LogP contribution in [0, 0.1) is 0 Å². The third-order valence-electron chi connectivity index (χ3n) is 5.87.